The summed E-state index contributed by atoms with van der Waals surface area (Å²) in [6.07, 6.45) is 5.38. The molecule has 2 aromatic carbocycles. The van der Waals surface area contributed by atoms with Crippen LogP contribution in [0.25, 0.3) is 0 Å². The topological polar surface area (TPSA) is 181 Å². The largest absolute Gasteiger partial charge is 0.490 e. The van der Waals surface area contributed by atoms with Gasteiger partial charge in [-0.3, -0.25) is 44.0 Å². The Bertz CT molecular complexity index is 2100. The van der Waals surface area contributed by atoms with Gasteiger partial charge in [-0.2, -0.15) is 5.26 Å². The first-order chi connectivity index (χ1) is 27.6. The van der Waals surface area contributed by atoms with Gasteiger partial charge in [-0.05, 0) is 86.9 Å². The van der Waals surface area contributed by atoms with Gasteiger partial charge in [0.2, 0.25) is 11.8 Å². The van der Waals surface area contributed by atoms with Gasteiger partial charge in [0.1, 0.15) is 17.9 Å². The van der Waals surface area contributed by atoms with E-state index in [1.807, 2.05) is 12.1 Å². The molecule has 4 fully saturated rings. The van der Waals surface area contributed by atoms with E-state index in [-0.39, 0.29) is 30.9 Å². The highest BCUT2D eigenvalue weighted by Crippen LogP contribution is 2.30. The minimum absolute atomic E-state index is 0.0177. The molecule has 16 heteroatoms. The average Bonchev–Trinajstić information content (AvgIpc) is 3.47. The van der Waals surface area contributed by atoms with E-state index in [0.29, 0.717) is 45.7 Å². The van der Waals surface area contributed by atoms with Crippen molar-refractivity contribution in [2.75, 3.05) is 44.2 Å². The number of ether oxygens (including phenoxy) is 1. The third kappa shape index (κ3) is 8.34. The minimum atomic E-state index is -0.973. The number of amides is 5. The number of fused-ring (bicyclic) bond motifs is 1. The molecule has 5 heterocycles. The summed E-state index contributed by atoms with van der Waals surface area (Å²) in [5, 5.41) is 23.5. The fourth-order valence-electron chi connectivity index (χ4n) is 8.67. The average molecular weight is 794 g/mol. The summed E-state index contributed by atoms with van der Waals surface area (Å²) in [5.41, 5.74) is 2.25. The number of aromatic nitrogens is 2. The Hall–Kier alpha value is -5.43. The van der Waals surface area contributed by atoms with Crippen molar-refractivity contribution >= 4 is 47.0 Å². The molecule has 1 unspecified atom stereocenters. The number of piperidine rings is 2. The molecule has 1 saturated carbocycles. The summed E-state index contributed by atoms with van der Waals surface area (Å²) in [4.78, 5) is 71.5. The highest BCUT2D eigenvalue weighted by atomic mass is 35.5. The molecule has 0 bridgehead atoms. The number of nitriles is 1. The smallest absolute Gasteiger partial charge is 0.272 e. The van der Waals surface area contributed by atoms with Crippen molar-refractivity contribution in [2.45, 2.75) is 82.1 Å². The van der Waals surface area contributed by atoms with E-state index in [4.69, 9.17) is 21.6 Å². The Morgan fingerprint density at radius 3 is 2.30 bits per heavy atom. The maximum atomic E-state index is 13.3. The van der Waals surface area contributed by atoms with Gasteiger partial charge in [-0.1, -0.05) is 17.7 Å². The van der Waals surface area contributed by atoms with E-state index in [1.165, 1.54) is 0 Å². The number of nitrogens with zero attached hydrogens (tertiary/aromatic N) is 7. The number of benzene rings is 2. The number of carbonyl (C=O) groups excluding carboxylic acids is 5. The highest BCUT2D eigenvalue weighted by Gasteiger charge is 2.44. The van der Waals surface area contributed by atoms with Gasteiger partial charge in [-0.15, -0.1) is 10.2 Å². The molecule has 5 amide bonds. The summed E-state index contributed by atoms with van der Waals surface area (Å²) < 4.78 is 6.08. The van der Waals surface area contributed by atoms with Gasteiger partial charge in [0.25, 0.3) is 17.7 Å². The quantitative estimate of drug-likeness (QED) is 0.302. The van der Waals surface area contributed by atoms with E-state index in [9.17, 15) is 24.0 Å². The molecule has 3 aromatic rings. The number of rotatable bonds is 9. The normalized spacial score (nSPS) is 23.5. The Balaban J connectivity index is 0.754. The van der Waals surface area contributed by atoms with E-state index >= 15 is 0 Å². The van der Waals surface area contributed by atoms with E-state index in [0.717, 1.165) is 94.1 Å². The van der Waals surface area contributed by atoms with Crippen molar-refractivity contribution in [3.63, 3.8) is 0 Å². The van der Waals surface area contributed by atoms with Gasteiger partial charge in [0.15, 0.2) is 11.5 Å². The first-order valence-corrected chi connectivity index (χ1v) is 20.1. The molecule has 1 aromatic heterocycles. The maximum Gasteiger partial charge on any atom is 0.272 e. The Morgan fingerprint density at radius 1 is 0.860 bits per heavy atom. The predicted octanol–water partition coefficient (Wildman–Crippen LogP) is 3.31. The van der Waals surface area contributed by atoms with Gasteiger partial charge in [-0.25, -0.2) is 0 Å². The zero-order valence-corrected chi connectivity index (χ0v) is 32.2. The lowest BCUT2D eigenvalue weighted by Crippen LogP contribution is -2.54. The number of hydrogen-bond donors (Lipinski definition) is 2. The number of nitrogens with one attached hydrogen (secondary N) is 2. The van der Waals surface area contributed by atoms with E-state index in [2.05, 4.69) is 41.6 Å². The van der Waals surface area contributed by atoms with Crippen molar-refractivity contribution in [1.82, 2.24) is 35.5 Å². The van der Waals surface area contributed by atoms with Crippen molar-refractivity contribution in [3.05, 3.63) is 81.5 Å². The molecular weight excluding hydrogens is 750 g/mol. The van der Waals surface area contributed by atoms with Crippen LogP contribution in [0.5, 0.6) is 5.75 Å². The molecule has 3 saturated heterocycles. The number of piperazine rings is 1. The second-order valence-electron chi connectivity index (χ2n) is 15.5. The molecule has 2 N–H and O–H groups in total. The number of carbonyl (C=O) groups is 5. The van der Waals surface area contributed by atoms with Crippen LogP contribution in [0, 0.1) is 11.3 Å². The van der Waals surface area contributed by atoms with Gasteiger partial charge in [0.05, 0.1) is 27.8 Å². The molecule has 57 heavy (non-hydrogen) atoms. The number of anilines is 1. The van der Waals surface area contributed by atoms with Gasteiger partial charge >= 0.3 is 0 Å². The first kappa shape index (κ1) is 38.4. The number of imide groups is 2. The summed E-state index contributed by atoms with van der Waals surface area (Å²) in [7, 11) is 0. The Labute approximate surface area is 335 Å². The lowest BCUT2D eigenvalue weighted by Gasteiger charge is -2.43. The molecule has 15 nitrogen and oxygen atoms in total. The molecular formula is C41H44ClN9O6. The van der Waals surface area contributed by atoms with E-state index in [1.54, 1.807) is 36.4 Å². The predicted molar refractivity (Wildman–Crippen MR) is 208 cm³/mol. The van der Waals surface area contributed by atoms with Gasteiger partial charge < -0.3 is 15.0 Å². The SMILES string of the molecule is N#Cc1ccc(O[C@H]2CC[C@H](NC(=O)c3ccc(N4CCC(N5CCN(Cc6ccc7c(c6)C(=O)N(C6CCC(=O)NC6=O)C7=O)CC5)CC4)nn3)CC2)cc1Cl. The van der Waals surface area contributed by atoms with Crippen LogP contribution in [0.15, 0.2) is 48.5 Å². The molecule has 4 aliphatic heterocycles. The molecule has 296 valence electrons. The monoisotopic (exact) mass is 793 g/mol. The molecule has 8 rings (SSSR count). The van der Waals surface area contributed by atoms with Crippen LogP contribution < -0.4 is 20.3 Å². The van der Waals surface area contributed by atoms with Crippen LogP contribution in [0.3, 0.4) is 0 Å². The lowest BCUT2D eigenvalue weighted by molar-refractivity contribution is -0.136. The Morgan fingerprint density at radius 2 is 1.61 bits per heavy atom. The number of hydrogen-bond acceptors (Lipinski definition) is 12. The van der Waals surface area contributed by atoms with Crippen molar-refractivity contribution in [1.29, 1.82) is 5.26 Å². The zero-order valence-electron chi connectivity index (χ0n) is 31.5. The summed E-state index contributed by atoms with van der Waals surface area (Å²) >= 11 is 6.14. The third-order valence-corrected chi connectivity index (χ3v) is 12.2. The van der Waals surface area contributed by atoms with Crippen LogP contribution in [0.4, 0.5) is 5.82 Å². The molecule has 1 atom stereocenters. The van der Waals surface area contributed by atoms with Crippen LogP contribution >= 0.6 is 11.6 Å². The summed E-state index contributed by atoms with van der Waals surface area (Å²) in [6.45, 7) is 5.97. The van der Waals surface area contributed by atoms with E-state index < -0.39 is 29.7 Å². The second-order valence-corrected chi connectivity index (χ2v) is 15.9. The lowest BCUT2D eigenvalue weighted by atomic mass is 9.93. The van der Waals surface area contributed by atoms with Crippen LogP contribution in [0.1, 0.15) is 93.7 Å². The van der Waals surface area contributed by atoms with Crippen molar-refractivity contribution < 1.29 is 28.7 Å². The van der Waals surface area contributed by atoms with Crippen LogP contribution in [-0.2, 0) is 16.1 Å². The second kappa shape index (κ2) is 16.6. The third-order valence-electron chi connectivity index (χ3n) is 11.9. The number of halogens is 1. The van der Waals surface area contributed by atoms with Gasteiger partial charge in [0, 0.05) is 70.4 Å². The fraction of sp³-hybridized carbons (Fsp3) is 0.463. The minimum Gasteiger partial charge on any atom is -0.490 e. The molecule has 5 aliphatic rings. The zero-order chi connectivity index (χ0) is 39.6. The molecule has 0 radical (unpaired) electrons. The Kier molecular flexibility index (Phi) is 11.2. The summed E-state index contributed by atoms with van der Waals surface area (Å²) in [6, 6.07) is 15.6. The highest BCUT2D eigenvalue weighted by molar-refractivity contribution is 6.31. The first-order valence-electron chi connectivity index (χ1n) is 19.7. The maximum absolute atomic E-state index is 13.3. The van der Waals surface area contributed by atoms with Crippen LogP contribution in [-0.4, -0.2) is 118 Å². The van der Waals surface area contributed by atoms with Crippen molar-refractivity contribution in [2.24, 2.45) is 0 Å². The molecule has 1 aliphatic carbocycles. The fourth-order valence-corrected chi connectivity index (χ4v) is 8.89. The standard InChI is InChI=1S/C41H44ClN9O6/c42-33-22-30(5-2-26(33)23-43)57-29-6-3-27(4-7-29)44-38(53)34-9-11-36(47-46-34)50-15-13-28(14-16-50)49-19-17-48(18-20-49)24-25-1-8-31-32(21-25)41(56)51(40(31)55)35-10-12-37(52)45-39(35)54/h1-2,5,8-9,11,21-22,27-29,35H,3-4,6-7,10,12-20,24H2,(H,44,53)(H,45,52,54)/t27-,29-,35?. The van der Waals surface area contributed by atoms with Crippen LogP contribution in [0.2, 0.25) is 5.02 Å². The van der Waals surface area contributed by atoms with Crippen molar-refractivity contribution in [3.8, 4) is 11.8 Å². The summed E-state index contributed by atoms with van der Waals surface area (Å²) in [5.74, 6) is -0.806. The molecule has 0 spiro atoms.